The zero-order valence-electron chi connectivity index (χ0n) is 16.0. The molecule has 6 heteroatoms. The van der Waals surface area contributed by atoms with E-state index in [9.17, 15) is 4.79 Å². The van der Waals surface area contributed by atoms with Gasteiger partial charge < -0.3 is 19.6 Å². The molecule has 2 aromatic carbocycles. The Balaban J connectivity index is 1.55. The van der Waals surface area contributed by atoms with Crippen LogP contribution in [0.2, 0.25) is 0 Å². The third kappa shape index (κ3) is 5.20. The number of nitrogens with zero attached hydrogens (tertiary/aromatic N) is 1. The van der Waals surface area contributed by atoms with Crippen LogP contribution in [-0.2, 0) is 17.8 Å². The van der Waals surface area contributed by atoms with Crippen molar-refractivity contribution in [3.05, 3.63) is 71.6 Å². The molecule has 1 unspecified atom stereocenters. The van der Waals surface area contributed by atoms with Gasteiger partial charge in [0.25, 0.3) is 0 Å². The first kappa shape index (κ1) is 19.6. The lowest BCUT2D eigenvalue weighted by molar-refractivity contribution is -0.139. The Morgan fingerprint density at radius 2 is 2.00 bits per heavy atom. The van der Waals surface area contributed by atoms with E-state index in [4.69, 9.17) is 14.3 Å². The van der Waals surface area contributed by atoms with Gasteiger partial charge in [-0.1, -0.05) is 30.3 Å². The Morgan fingerprint density at radius 3 is 2.75 bits per heavy atom. The number of rotatable bonds is 9. The van der Waals surface area contributed by atoms with Gasteiger partial charge in [-0.05, 0) is 43.7 Å². The van der Waals surface area contributed by atoms with Gasteiger partial charge in [0.15, 0.2) is 0 Å². The highest BCUT2D eigenvalue weighted by atomic mass is 16.5. The number of benzene rings is 2. The molecule has 146 valence electrons. The molecule has 0 spiro atoms. The smallest absolute Gasteiger partial charge is 0.320 e. The number of carboxylic acids is 1. The third-order valence-electron chi connectivity index (χ3n) is 4.40. The van der Waals surface area contributed by atoms with E-state index in [1.165, 1.54) is 0 Å². The number of carboxylic acid groups (broad SMARTS) is 1. The molecule has 0 saturated heterocycles. The van der Waals surface area contributed by atoms with Gasteiger partial charge in [-0.2, -0.15) is 0 Å². The highest BCUT2D eigenvalue weighted by Gasteiger charge is 2.12. The van der Waals surface area contributed by atoms with Gasteiger partial charge in [0, 0.05) is 18.5 Å². The number of hydrogen-bond donors (Lipinski definition) is 2. The maximum atomic E-state index is 10.9. The van der Waals surface area contributed by atoms with Crippen LogP contribution in [0.25, 0.3) is 11.5 Å². The van der Waals surface area contributed by atoms with Crippen LogP contribution in [0, 0.1) is 6.92 Å². The summed E-state index contributed by atoms with van der Waals surface area (Å²) in [6.07, 6.45) is 0.640. The first-order valence-corrected chi connectivity index (χ1v) is 9.22. The van der Waals surface area contributed by atoms with E-state index < -0.39 is 12.0 Å². The molecule has 28 heavy (non-hydrogen) atoms. The minimum absolute atomic E-state index is 0.466. The highest BCUT2D eigenvalue weighted by Crippen LogP contribution is 2.22. The lowest BCUT2D eigenvalue weighted by Gasteiger charge is -2.11. The lowest BCUT2D eigenvalue weighted by Crippen LogP contribution is -2.33. The molecule has 1 atom stereocenters. The van der Waals surface area contributed by atoms with E-state index in [1.54, 1.807) is 6.92 Å². The van der Waals surface area contributed by atoms with Gasteiger partial charge in [-0.25, -0.2) is 4.98 Å². The maximum absolute atomic E-state index is 10.9. The average Bonchev–Trinajstić information content (AvgIpc) is 3.08. The predicted octanol–water partition coefficient (Wildman–Crippen LogP) is 3.83. The summed E-state index contributed by atoms with van der Waals surface area (Å²) in [6.45, 7) is 4.47. The predicted molar refractivity (Wildman–Crippen MR) is 106 cm³/mol. The number of carbonyl (C=O) groups is 1. The van der Waals surface area contributed by atoms with E-state index in [0.717, 1.165) is 28.3 Å². The highest BCUT2D eigenvalue weighted by molar-refractivity contribution is 5.72. The lowest BCUT2D eigenvalue weighted by atomic mass is 10.2. The van der Waals surface area contributed by atoms with Crippen LogP contribution in [0.5, 0.6) is 5.75 Å². The van der Waals surface area contributed by atoms with Gasteiger partial charge in [-0.15, -0.1) is 0 Å². The van der Waals surface area contributed by atoms with Crippen molar-refractivity contribution in [2.45, 2.75) is 32.9 Å². The largest absolute Gasteiger partial charge is 0.493 e. The Hall–Kier alpha value is -3.12. The molecule has 0 aliphatic rings. The van der Waals surface area contributed by atoms with Crippen molar-refractivity contribution in [1.29, 1.82) is 0 Å². The Labute approximate surface area is 164 Å². The summed E-state index contributed by atoms with van der Waals surface area (Å²) >= 11 is 0. The molecule has 0 aliphatic carbocycles. The van der Waals surface area contributed by atoms with Crippen molar-refractivity contribution >= 4 is 5.97 Å². The Kier molecular flexibility index (Phi) is 6.45. The molecule has 6 nitrogen and oxygen atoms in total. The summed E-state index contributed by atoms with van der Waals surface area (Å²) in [6, 6.07) is 16.8. The molecular weight excluding hydrogens is 356 g/mol. The summed E-state index contributed by atoms with van der Waals surface area (Å²) in [7, 11) is 0. The quantitative estimate of drug-likeness (QED) is 0.587. The van der Waals surface area contributed by atoms with Crippen molar-refractivity contribution in [2.75, 3.05) is 6.61 Å². The molecule has 0 radical (unpaired) electrons. The number of ether oxygens (including phenoxy) is 1. The molecule has 0 aliphatic heterocycles. The van der Waals surface area contributed by atoms with Gasteiger partial charge in [0.2, 0.25) is 5.89 Å². The van der Waals surface area contributed by atoms with Crippen LogP contribution in [0.3, 0.4) is 0 Å². The second kappa shape index (κ2) is 9.19. The monoisotopic (exact) mass is 380 g/mol. The van der Waals surface area contributed by atoms with Crippen LogP contribution < -0.4 is 10.1 Å². The maximum Gasteiger partial charge on any atom is 0.320 e. The molecular formula is C22H24N2O4. The normalized spacial score (nSPS) is 11.9. The average molecular weight is 380 g/mol. The number of oxazole rings is 1. The SMILES string of the molecule is Cc1oc(-c2ccccc2)nc1CCOc1cccc(CNC(C)C(=O)O)c1. The van der Waals surface area contributed by atoms with Crippen molar-refractivity contribution in [2.24, 2.45) is 0 Å². The van der Waals surface area contributed by atoms with Crippen molar-refractivity contribution in [3.8, 4) is 17.2 Å². The fraction of sp³-hybridized carbons (Fsp3) is 0.273. The van der Waals surface area contributed by atoms with Crippen LogP contribution in [0.15, 0.2) is 59.0 Å². The summed E-state index contributed by atoms with van der Waals surface area (Å²) in [5.41, 5.74) is 2.80. The number of aliphatic carboxylic acids is 1. The molecule has 3 aromatic rings. The molecule has 1 heterocycles. The summed E-state index contributed by atoms with van der Waals surface area (Å²) < 4.78 is 11.6. The first-order valence-electron chi connectivity index (χ1n) is 9.22. The van der Waals surface area contributed by atoms with E-state index in [0.29, 0.717) is 25.5 Å². The molecule has 3 rings (SSSR count). The third-order valence-corrected chi connectivity index (χ3v) is 4.40. The first-order chi connectivity index (χ1) is 13.5. The number of aryl methyl sites for hydroxylation is 1. The summed E-state index contributed by atoms with van der Waals surface area (Å²) in [4.78, 5) is 15.5. The van der Waals surface area contributed by atoms with Gasteiger partial charge in [0.05, 0.1) is 12.3 Å². The fourth-order valence-electron chi connectivity index (χ4n) is 2.73. The minimum atomic E-state index is -0.870. The molecule has 0 bridgehead atoms. The molecule has 1 aromatic heterocycles. The Morgan fingerprint density at radius 1 is 1.21 bits per heavy atom. The molecule has 0 amide bonds. The molecule has 0 saturated carbocycles. The van der Waals surface area contributed by atoms with Gasteiger partial charge in [-0.3, -0.25) is 4.79 Å². The Bertz CT molecular complexity index is 921. The zero-order chi connectivity index (χ0) is 19.9. The topological polar surface area (TPSA) is 84.6 Å². The molecule has 2 N–H and O–H groups in total. The molecule has 0 fully saturated rings. The minimum Gasteiger partial charge on any atom is -0.493 e. The second-order valence-corrected chi connectivity index (χ2v) is 6.57. The van der Waals surface area contributed by atoms with E-state index in [2.05, 4.69) is 10.3 Å². The van der Waals surface area contributed by atoms with Crippen molar-refractivity contribution in [1.82, 2.24) is 10.3 Å². The van der Waals surface area contributed by atoms with Crippen LogP contribution in [0.4, 0.5) is 0 Å². The number of nitrogens with one attached hydrogen (secondary N) is 1. The van der Waals surface area contributed by atoms with Gasteiger partial charge >= 0.3 is 5.97 Å². The van der Waals surface area contributed by atoms with Crippen LogP contribution in [0.1, 0.15) is 23.9 Å². The standard InChI is InChI=1S/C22H24N2O4/c1-15(22(25)26)23-14-17-7-6-10-19(13-17)27-12-11-20-16(2)28-21(24-20)18-8-4-3-5-9-18/h3-10,13,15,23H,11-12,14H2,1-2H3,(H,25,26). The summed E-state index contributed by atoms with van der Waals surface area (Å²) in [5.74, 6) is 1.29. The number of hydrogen-bond acceptors (Lipinski definition) is 5. The van der Waals surface area contributed by atoms with Gasteiger partial charge in [0.1, 0.15) is 17.6 Å². The van der Waals surface area contributed by atoms with Crippen LogP contribution in [-0.4, -0.2) is 28.7 Å². The second-order valence-electron chi connectivity index (χ2n) is 6.57. The van der Waals surface area contributed by atoms with E-state index in [-0.39, 0.29) is 0 Å². The fourth-order valence-corrected chi connectivity index (χ4v) is 2.73. The van der Waals surface area contributed by atoms with Crippen molar-refractivity contribution in [3.63, 3.8) is 0 Å². The summed E-state index contributed by atoms with van der Waals surface area (Å²) in [5, 5.41) is 11.9. The zero-order valence-corrected chi connectivity index (χ0v) is 16.0. The van der Waals surface area contributed by atoms with E-state index in [1.807, 2.05) is 61.5 Å². The van der Waals surface area contributed by atoms with Crippen LogP contribution >= 0.6 is 0 Å². The van der Waals surface area contributed by atoms with Crippen molar-refractivity contribution < 1.29 is 19.1 Å². The van der Waals surface area contributed by atoms with E-state index >= 15 is 0 Å². The number of aromatic nitrogens is 1.